The van der Waals surface area contributed by atoms with Gasteiger partial charge in [0.1, 0.15) is 5.75 Å². The van der Waals surface area contributed by atoms with Gasteiger partial charge in [0, 0.05) is 6.04 Å². The van der Waals surface area contributed by atoms with Crippen LogP contribution in [0.25, 0.3) is 0 Å². The van der Waals surface area contributed by atoms with Crippen LogP contribution in [0.2, 0.25) is 0 Å². The number of benzene rings is 1. The van der Waals surface area contributed by atoms with E-state index < -0.39 is 6.36 Å². The first-order valence-electron chi connectivity index (χ1n) is 6.36. The Morgan fingerprint density at radius 3 is 2.42 bits per heavy atom. The topological polar surface area (TPSA) is 35.2 Å². The molecule has 1 fully saturated rings. The van der Waals surface area contributed by atoms with Crippen molar-refractivity contribution in [3.8, 4) is 5.75 Å². The van der Waals surface area contributed by atoms with Crippen LogP contribution < -0.4 is 10.5 Å². The zero-order valence-electron chi connectivity index (χ0n) is 10.8. The number of halogens is 3. The summed E-state index contributed by atoms with van der Waals surface area (Å²) in [5.41, 5.74) is 7.09. The van der Waals surface area contributed by atoms with Crippen LogP contribution in [0.15, 0.2) is 24.3 Å². The molecule has 19 heavy (non-hydrogen) atoms. The summed E-state index contributed by atoms with van der Waals surface area (Å²) in [6.45, 7) is 2.18. The fourth-order valence-electron chi connectivity index (χ4n) is 2.83. The Labute approximate surface area is 110 Å². The van der Waals surface area contributed by atoms with Gasteiger partial charge in [0.2, 0.25) is 0 Å². The monoisotopic (exact) mass is 273 g/mol. The van der Waals surface area contributed by atoms with Gasteiger partial charge in [0.15, 0.2) is 0 Å². The lowest BCUT2D eigenvalue weighted by molar-refractivity contribution is -0.274. The molecule has 2 unspecified atom stereocenters. The molecular formula is C14H18F3NO. The predicted octanol–water partition coefficient (Wildman–Crippen LogP) is 3.65. The second-order valence-corrected chi connectivity index (χ2v) is 5.68. The number of alkyl halides is 3. The Kier molecular flexibility index (Phi) is 3.76. The average Bonchev–Trinajstić information content (AvgIpc) is 2.59. The largest absolute Gasteiger partial charge is 0.573 e. The first kappa shape index (κ1) is 14.2. The molecular weight excluding hydrogens is 255 g/mol. The van der Waals surface area contributed by atoms with E-state index >= 15 is 0 Å². The molecule has 1 aromatic rings. The Balaban J connectivity index is 1.99. The number of hydrogen-bond acceptors (Lipinski definition) is 2. The van der Waals surface area contributed by atoms with Crippen LogP contribution in [0.5, 0.6) is 5.75 Å². The SMILES string of the molecule is CC1(Cc2ccc(OC(F)(F)F)cc2)CCC(N)C1. The highest BCUT2D eigenvalue weighted by molar-refractivity contribution is 5.28. The van der Waals surface area contributed by atoms with Gasteiger partial charge in [-0.25, -0.2) is 0 Å². The minimum absolute atomic E-state index is 0.159. The van der Waals surface area contributed by atoms with Crippen LogP contribution in [0.3, 0.4) is 0 Å². The van der Waals surface area contributed by atoms with Crippen molar-refractivity contribution in [2.45, 2.75) is 45.0 Å². The molecule has 0 heterocycles. The molecule has 1 aromatic carbocycles. The molecule has 5 heteroatoms. The fraction of sp³-hybridized carbons (Fsp3) is 0.571. The van der Waals surface area contributed by atoms with Crippen molar-refractivity contribution in [2.75, 3.05) is 0 Å². The van der Waals surface area contributed by atoms with Crippen LogP contribution in [0.4, 0.5) is 13.2 Å². The van der Waals surface area contributed by atoms with E-state index in [1.165, 1.54) is 12.1 Å². The lowest BCUT2D eigenvalue weighted by Gasteiger charge is -2.24. The molecule has 1 aliphatic carbocycles. The minimum Gasteiger partial charge on any atom is -0.406 e. The van der Waals surface area contributed by atoms with E-state index in [2.05, 4.69) is 11.7 Å². The van der Waals surface area contributed by atoms with Crippen molar-refractivity contribution < 1.29 is 17.9 Å². The van der Waals surface area contributed by atoms with Gasteiger partial charge in [-0.3, -0.25) is 0 Å². The van der Waals surface area contributed by atoms with Gasteiger partial charge < -0.3 is 10.5 Å². The molecule has 0 amide bonds. The van der Waals surface area contributed by atoms with E-state index in [1.807, 2.05) is 0 Å². The Hall–Kier alpha value is -1.23. The van der Waals surface area contributed by atoms with Crippen LogP contribution in [0.1, 0.15) is 31.7 Å². The van der Waals surface area contributed by atoms with E-state index in [4.69, 9.17) is 5.73 Å². The molecule has 1 saturated carbocycles. The van der Waals surface area contributed by atoms with E-state index in [0.717, 1.165) is 31.2 Å². The highest BCUT2D eigenvalue weighted by atomic mass is 19.4. The molecule has 0 aromatic heterocycles. The Morgan fingerprint density at radius 1 is 1.32 bits per heavy atom. The zero-order chi connectivity index (χ0) is 14.1. The molecule has 2 rings (SSSR count). The molecule has 106 valence electrons. The van der Waals surface area contributed by atoms with Gasteiger partial charge in [-0.05, 0) is 48.8 Å². The summed E-state index contributed by atoms with van der Waals surface area (Å²) in [6.07, 6.45) is -0.743. The first-order chi connectivity index (χ1) is 8.76. The molecule has 2 atom stereocenters. The van der Waals surface area contributed by atoms with Crippen molar-refractivity contribution >= 4 is 0 Å². The van der Waals surface area contributed by atoms with Crippen LogP contribution in [-0.4, -0.2) is 12.4 Å². The van der Waals surface area contributed by atoms with Crippen LogP contribution >= 0.6 is 0 Å². The normalized spacial score (nSPS) is 27.5. The van der Waals surface area contributed by atoms with Gasteiger partial charge in [-0.2, -0.15) is 0 Å². The number of rotatable bonds is 3. The van der Waals surface area contributed by atoms with Gasteiger partial charge in [-0.1, -0.05) is 19.1 Å². The molecule has 0 radical (unpaired) electrons. The molecule has 0 saturated heterocycles. The van der Waals surface area contributed by atoms with Crippen LogP contribution in [0, 0.1) is 5.41 Å². The molecule has 0 bridgehead atoms. The summed E-state index contributed by atoms with van der Waals surface area (Å²) in [4.78, 5) is 0. The Bertz CT molecular complexity index is 429. The van der Waals surface area contributed by atoms with E-state index in [-0.39, 0.29) is 17.2 Å². The zero-order valence-corrected chi connectivity index (χ0v) is 10.8. The summed E-state index contributed by atoms with van der Waals surface area (Å²) in [6, 6.07) is 6.35. The van der Waals surface area contributed by atoms with Crippen molar-refractivity contribution in [3.05, 3.63) is 29.8 Å². The van der Waals surface area contributed by atoms with Crippen LogP contribution in [-0.2, 0) is 6.42 Å². The average molecular weight is 273 g/mol. The summed E-state index contributed by atoms with van der Waals surface area (Å²) in [7, 11) is 0. The van der Waals surface area contributed by atoms with Gasteiger partial charge in [-0.15, -0.1) is 13.2 Å². The number of ether oxygens (including phenoxy) is 1. The molecule has 0 spiro atoms. The smallest absolute Gasteiger partial charge is 0.406 e. The van der Waals surface area contributed by atoms with E-state index in [0.29, 0.717) is 0 Å². The molecule has 2 nitrogen and oxygen atoms in total. The quantitative estimate of drug-likeness (QED) is 0.912. The number of nitrogens with two attached hydrogens (primary N) is 1. The molecule has 1 aliphatic rings. The second-order valence-electron chi connectivity index (χ2n) is 5.68. The fourth-order valence-corrected chi connectivity index (χ4v) is 2.83. The molecule has 0 aliphatic heterocycles. The number of hydrogen-bond donors (Lipinski definition) is 1. The summed E-state index contributed by atoms with van der Waals surface area (Å²) >= 11 is 0. The highest BCUT2D eigenvalue weighted by Gasteiger charge is 2.33. The van der Waals surface area contributed by atoms with Gasteiger partial charge in [0.25, 0.3) is 0 Å². The minimum atomic E-state index is -4.63. The van der Waals surface area contributed by atoms with Gasteiger partial charge in [0.05, 0.1) is 0 Å². The molecule has 2 N–H and O–H groups in total. The maximum atomic E-state index is 12.0. The van der Waals surface area contributed by atoms with Crippen molar-refractivity contribution in [3.63, 3.8) is 0 Å². The maximum Gasteiger partial charge on any atom is 0.573 e. The Morgan fingerprint density at radius 2 is 1.95 bits per heavy atom. The van der Waals surface area contributed by atoms with Gasteiger partial charge >= 0.3 is 6.36 Å². The standard InChI is InChI=1S/C14H18F3NO/c1-13(7-6-11(18)9-13)8-10-2-4-12(5-3-10)19-14(15,16)17/h2-5,11H,6-9,18H2,1H3. The lowest BCUT2D eigenvalue weighted by Crippen LogP contribution is -2.21. The lowest BCUT2D eigenvalue weighted by atomic mass is 9.82. The second kappa shape index (κ2) is 5.04. The third kappa shape index (κ3) is 4.13. The first-order valence-corrected chi connectivity index (χ1v) is 6.36. The summed E-state index contributed by atoms with van der Waals surface area (Å²) in [5.74, 6) is -0.176. The van der Waals surface area contributed by atoms with E-state index in [1.54, 1.807) is 12.1 Å². The summed E-state index contributed by atoms with van der Waals surface area (Å²) < 4.78 is 40.0. The highest BCUT2D eigenvalue weighted by Crippen LogP contribution is 2.40. The van der Waals surface area contributed by atoms with Crippen molar-refractivity contribution in [1.29, 1.82) is 0 Å². The third-order valence-corrected chi connectivity index (χ3v) is 3.66. The van der Waals surface area contributed by atoms with E-state index in [9.17, 15) is 13.2 Å². The maximum absolute atomic E-state index is 12.0. The third-order valence-electron chi connectivity index (χ3n) is 3.66. The van der Waals surface area contributed by atoms with Crippen molar-refractivity contribution in [2.24, 2.45) is 11.1 Å². The predicted molar refractivity (Wildman–Crippen MR) is 66.8 cm³/mol. The van der Waals surface area contributed by atoms with Crippen molar-refractivity contribution in [1.82, 2.24) is 0 Å². The summed E-state index contributed by atoms with van der Waals surface area (Å²) in [5, 5.41) is 0.